The van der Waals surface area contributed by atoms with Gasteiger partial charge in [0, 0.05) is 49.1 Å². The SMILES string of the molecule is O=C(NCc1ccncc1)c1coc(CN(CCc2c[nH]c3ccccc23)Cc2cccc(C(F)(F)F)c2)n1. The first kappa shape index (κ1) is 26.2. The topological polar surface area (TPSA) is 87.0 Å². The van der Waals surface area contributed by atoms with Crippen LogP contribution in [0.3, 0.4) is 0 Å². The van der Waals surface area contributed by atoms with Gasteiger partial charge in [-0.1, -0.05) is 36.4 Å². The van der Waals surface area contributed by atoms with Crippen molar-refractivity contribution in [2.24, 2.45) is 0 Å². The van der Waals surface area contributed by atoms with E-state index in [4.69, 9.17) is 4.42 Å². The molecular formula is C29H26F3N5O2. The molecule has 0 fully saturated rings. The number of nitrogens with one attached hydrogen (secondary N) is 2. The van der Waals surface area contributed by atoms with E-state index in [9.17, 15) is 18.0 Å². The number of carbonyl (C=O) groups excluding carboxylic acids is 1. The smallest absolute Gasteiger partial charge is 0.416 e. The summed E-state index contributed by atoms with van der Waals surface area (Å²) < 4.78 is 45.5. The van der Waals surface area contributed by atoms with Crippen LogP contribution in [-0.4, -0.2) is 32.3 Å². The molecule has 7 nitrogen and oxygen atoms in total. The number of oxazole rings is 1. The fraction of sp³-hybridized carbons (Fsp3) is 0.207. The van der Waals surface area contributed by atoms with Crippen LogP contribution < -0.4 is 5.32 Å². The maximum atomic E-state index is 13.3. The molecular weight excluding hydrogens is 507 g/mol. The molecule has 2 N–H and O–H groups in total. The first-order chi connectivity index (χ1) is 18.8. The summed E-state index contributed by atoms with van der Waals surface area (Å²) in [6.07, 6.45) is 2.76. The molecule has 2 aromatic carbocycles. The minimum atomic E-state index is -4.42. The van der Waals surface area contributed by atoms with Gasteiger partial charge in [0.2, 0.25) is 5.89 Å². The van der Waals surface area contributed by atoms with E-state index in [-0.39, 0.29) is 24.7 Å². The number of aromatic nitrogens is 3. The Kier molecular flexibility index (Phi) is 7.74. The van der Waals surface area contributed by atoms with E-state index in [1.807, 2.05) is 35.4 Å². The maximum Gasteiger partial charge on any atom is 0.416 e. The second-order valence-electron chi connectivity index (χ2n) is 9.18. The molecule has 3 heterocycles. The summed E-state index contributed by atoms with van der Waals surface area (Å²) in [6.45, 7) is 1.31. The molecule has 1 amide bonds. The molecule has 200 valence electrons. The Hall–Kier alpha value is -4.44. The standard InChI is InChI=1S/C29H26F3N5O2/c30-29(31,32)23-5-3-4-21(14-23)17-37(13-10-22-16-34-25-7-2-1-6-24(22)25)18-27-36-26(19-39-27)28(38)35-15-20-8-11-33-12-9-20/h1-9,11-12,14,16,19,34H,10,13,15,17-18H2,(H,35,38). The molecule has 0 aliphatic carbocycles. The Bertz CT molecular complexity index is 1550. The number of carbonyl (C=O) groups is 1. The van der Waals surface area contributed by atoms with Crippen LogP contribution in [0.25, 0.3) is 10.9 Å². The Morgan fingerprint density at radius 1 is 1.00 bits per heavy atom. The van der Waals surface area contributed by atoms with Gasteiger partial charge in [-0.2, -0.15) is 13.2 Å². The molecule has 39 heavy (non-hydrogen) atoms. The van der Waals surface area contributed by atoms with Crippen LogP contribution in [0.2, 0.25) is 0 Å². The lowest BCUT2D eigenvalue weighted by atomic mass is 10.1. The molecule has 0 saturated carbocycles. The highest BCUT2D eigenvalue weighted by atomic mass is 19.4. The number of fused-ring (bicyclic) bond motifs is 1. The van der Waals surface area contributed by atoms with Gasteiger partial charge >= 0.3 is 6.18 Å². The van der Waals surface area contributed by atoms with E-state index >= 15 is 0 Å². The first-order valence-electron chi connectivity index (χ1n) is 12.4. The molecule has 5 rings (SSSR count). The average Bonchev–Trinajstić information content (AvgIpc) is 3.58. The van der Waals surface area contributed by atoms with Crippen LogP contribution in [0, 0.1) is 0 Å². The third-order valence-corrected chi connectivity index (χ3v) is 6.38. The third kappa shape index (κ3) is 6.71. The van der Waals surface area contributed by atoms with Crippen molar-refractivity contribution in [1.29, 1.82) is 0 Å². The molecule has 5 aromatic rings. The summed E-state index contributed by atoms with van der Waals surface area (Å²) in [5, 5.41) is 3.89. The highest BCUT2D eigenvalue weighted by Gasteiger charge is 2.30. The number of para-hydroxylation sites is 1. The number of rotatable bonds is 10. The fourth-order valence-corrected chi connectivity index (χ4v) is 4.39. The summed E-state index contributed by atoms with van der Waals surface area (Å²) in [6, 6.07) is 16.8. The quantitative estimate of drug-likeness (QED) is 0.239. The third-order valence-electron chi connectivity index (χ3n) is 6.38. The number of H-pyrrole nitrogens is 1. The highest BCUT2D eigenvalue weighted by Crippen LogP contribution is 2.30. The van der Waals surface area contributed by atoms with Gasteiger partial charge in [-0.25, -0.2) is 4.98 Å². The summed E-state index contributed by atoms with van der Waals surface area (Å²) >= 11 is 0. The number of aromatic amines is 1. The predicted octanol–water partition coefficient (Wildman–Crippen LogP) is 5.74. The van der Waals surface area contributed by atoms with Gasteiger partial charge < -0.3 is 14.7 Å². The van der Waals surface area contributed by atoms with Crippen LogP contribution in [0.4, 0.5) is 13.2 Å². The molecule has 0 aliphatic rings. The van der Waals surface area contributed by atoms with Gasteiger partial charge in [-0.15, -0.1) is 0 Å². The van der Waals surface area contributed by atoms with Crippen LogP contribution in [0.5, 0.6) is 0 Å². The molecule has 10 heteroatoms. The molecule has 0 saturated heterocycles. The van der Waals surface area contributed by atoms with Crippen molar-refractivity contribution in [3.05, 3.63) is 119 Å². The second-order valence-corrected chi connectivity index (χ2v) is 9.18. The monoisotopic (exact) mass is 533 g/mol. The predicted molar refractivity (Wildman–Crippen MR) is 139 cm³/mol. The zero-order chi connectivity index (χ0) is 27.2. The summed E-state index contributed by atoms with van der Waals surface area (Å²) in [7, 11) is 0. The van der Waals surface area contributed by atoms with Crippen molar-refractivity contribution >= 4 is 16.8 Å². The van der Waals surface area contributed by atoms with Crippen molar-refractivity contribution in [3.63, 3.8) is 0 Å². The second kappa shape index (κ2) is 11.5. The van der Waals surface area contributed by atoms with Gasteiger partial charge in [0.1, 0.15) is 6.26 Å². The fourth-order valence-electron chi connectivity index (χ4n) is 4.39. The van der Waals surface area contributed by atoms with E-state index in [1.54, 1.807) is 30.6 Å². The number of benzene rings is 2. The lowest BCUT2D eigenvalue weighted by Gasteiger charge is -2.21. The normalized spacial score (nSPS) is 11.8. The number of nitrogens with zero attached hydrogens (tertiary/aromatic N) is 3. The minimum Gasteiger partial charge on any atom is -0.447 e. The molecule has 0 bridgehead atoms. The molecule has 0 aliphatic heterocycles. The van der Waals surface area contributed by atoms with Crippen molar-refractivity contribution in [2.75, 3.05) is 6.54 Å². The van der Waals surface area contributed by atoms with E-state index in [0.717, 1.165) is 34.2 Å². The summed E-state index contributed by atoms with van der Waals surface area (Å²) in [4.78, 5) is 26.1. The first-order valence-corrected chi connectivity index (χ1v) is 12.4. The van der Waals surface area contributed by atoms with Gasteiger partial charge in [-0.3, -0.25) is 14.7 Å². The Morgan fingerprint density at radius 2 is 1.82 bits per heavy atom. The van der Waals surface area contributed by atoms with E-state index < -0.39 is 11.7 Å². The molecule has 0 unspecified atom stereocenters. The highest BCUT2D eigenvalue weighted by molar-refractivity contribution is 5.91. The van der Waals surface area contributed by atoms with Crippen LogP contribution in [0.15, 0.2) is 89.9 Å². The number of alkyl halides is 3. The number of amides is 1. The summed E-state index contributed by atoms with van der Waals surface area (Å²) in [5.74, 6) is -0.0833. The van der Waals surface area contributed by atoms with Crippen LogP contribution in [0.1, 0.15) is 38.6 Å². The zero-order valence-corrected chi connectivity index (χ0v) is 20.9. The van der Waals surface area contributed by atoms with Gasteiger partial charge in [0.25, 0.3) is 5.91 Å². The molecule has 0 spiro atoms. The Labute approximate surface area is 222 Å². The number of halogens is 3. The number of hydrogen-bond acceptors (Lipinski definition) is 5. The Morgan fingerprint density at radius 3 is 2.64 bits per heavy atom. The Balaban J connectivity index is 1.30. The number of hydrogen-bond donors (Lipinski definition) is 2. The van der Waals surface area contributed by atoms with Crippen molar-refractivity contribution in [1.82, 2.24) is 25.2 Å². The van der Waals surface area contributed by atoms with Gasteiger partial charge in [0.05, 0.1) is 12.1 Å². The summed E-state index contributed by atoms with van der Waals surface area (Å²) in [5.41, 5.74) is 2.98. The molecule has 0 atom stereocenters. The van der Waals surface area contributed by atoms with Crippen molar-refractivity contribution in [3.8, 4) is 0 Å². The van der Waals surface area contributed by atoms with E-state index in [0.29, 0.717) is 31.0 Å². The zero-order valence-electron chi connectivity index (χ0n) is 20.9. The number of pyridine rings is 1. The van der Waals surface area contributed by atoms with Gasteiger partial charge in [-0.05, 0) is 47.4 Å². The van der Waals surface area contributed by atoms with E-state index in [1.165, 1.54) is 12.3 Å². The minimum absolute atomic E-state index is 0.134. The maximum absolute atomic E-state index is 13.3. The van der Waals surface area contributed by atoms with Crippen LogP contribution in [-0.2, 0) is 32.2 Å². The lowest BCUT2D eigenvalue weighted by Crippen LogP contribution is -2.26. The van der Waals surface area contributed by atoms with E-state index in [2.05, 4.69) is 20.3 Å². The average molecular weight is 534 g/mol. The molecule has 0 radical (unpaired) electrons. The molecule has 3 aromatic heterocycles. The largest absolute Gasteiger partial charge is 0.447 e. The lowest BCUT2D eigenvalue weighted by molar-refractivity contribution is -0.137. The van der Waals surface area contributed by atoms with Crippen LogP contribution >= 0.6 is 0 Å². The van der Waals surface area contributed by atoms with Crippen molar-refractivity contribution < 1.29 is 22.4 Å². The van der Waals surface area contributed by atoms with Crippen molar-refractivity contribution in [2.45, 2.75) is 32.2 Å². The van der Waals surface area contributed by atoms with Gasteiger partial charge in [0.15, 0.2) is 5.69 Å².